The largest absolute Gasteiger partial charge is 0.505 e. The van der Waals surface area contributed by atoms with E-state index in [1.165, 1.54) is 12.1 Å². The molecule has 7 heteroatoms. The van der Waals surface area contributed by atoms with Crippen LogP contribution in [0.4, 0.5) is 5.69 Å². The van der Waals surface area contributed by atoms with Crippen LogP contribution in [0, 0.1) is 11.8 Å². The summed E-state index contributed by atoms with van der Waals surface area (Å²) < 4.78 is 0. The summed E-state index contributed by atoms with van der Waals surface area (Å²) >= 11 is 11.4. The monoisotopic (exact) mass is 289 g/mol. The third kappa shape index (κ3) is 2.52. The molecule has 18 heavy (non-hydrogen) atoms. The van der Waals surface area contributed by atoms with Crippen molar-refractivity contribution in [2.75, 3.05) is 5.32 Å². The topological polar surface area (TPSA) is 86.6 Å². The number of carboxylic acid groups (broad SMARTS) is 1. The van der Waals surface area contributed by atoms with Gasteiger partial charge in [-0.25, -0.2) is 0 Å². The number of aliphatic carboxylic acids is 1. The van der Waals surface area contributed by atoms with Crippen LogP contribution in [0.25, 0.3) is 0 Å². The number of rotatable bonds is 3. The number of anilines is 1. The van der Waals surface area contributed by atoms with Crippen LogP contribution in [0.2, 0.25) is 10.0 Å². The van der Waals surface area contributed by atoms with E-state index in [-0.39, 0.29) is 21.7 Å². The number of benzene rings is 1. The van der Waals surface area contributed by atoms with Gasteiger partial charge in [0.25, 0.3) is 0 Å². The molecule has 1 aliphatic rings. The molecule has 0 spiro atoms. The Morgan fingerprint density at radius 2 is 1.78 bits per heavy atom. The Bertz CT molecular complexity index is 509. The highest BCUT2D eigenvalue weighted by atomic mass is 35.5. The highest BCUT2D eigenvalue weighted by molar-refractivity contribution is 6.37. The molecule has 0 heterocycles. The second-order valence-corrected chi connectivity index (χ2v) is 4.88. The molecule has 96 valence electrons. The fraction of sp³-hybridized carbons (Fsp3) is 0.273. The maximum Gasteiger partial charge on any atom is 0.307 e. The van der Waals surface area contributed by atoms with Crippen molar-refractivity contribution in [2.45, 2.75) is 6.42 Å². The van der Waals surface area contributed by atoms with Crippen LogP contribution in [0.5, 0.6) is 5.75 Å². The summed E-state index contributed by atoms with van der Waals surface area (Å²) in [6.07, 6.45) is 0.334. The minimum absolute atomic E-state index is 0.0170. The van der Waals surface area contributed by atoms with Crippen molar-refractivity contribution in [3.8, 4) is 5.75 Å². The van der Waals surface area contributed by atoms with Gasteiger partial charge in [0.05, 0.1) is 21.9 Å². The highest BCUT2D eigenvalue weighted by Crippen LogP contribution is 2.40. The molecular formula is C11H9Cl2NO4. The summed E-state index contributed by atoms with van der Waals surface area (Å²) in [6.45, 7) is 0. The summed E-state index contributed by atoms with van der Waals surface area (Å²) in [4.78, 5) is 22.3. The van der Waals surface area contributed by atoms with E-state index in [0.717, 1.165) is 0 Å². The van der Waals surface area contributed by atoms with Crippen molar-refractivity contribution in [3.63, 3.8) is 0 Å². The maximum absolute atomic E-state index is 11.7. The molecule has 0 aromatic heterocycles. The Morgan fingerprint density at radius 1 is 1.22 bits per heavy atom. The number of carboxylic acids is 1. The Labute approximate surface area is 112 Å². The molecule has 3 N–H and O–H groups in total. The van der Waals surface area contributed by atoms with E-state index in [2.05, 4.69) is 5.32 Å². The predicted octanol–water partition coefficient (Wildman–Crippen LogP) is 2.36. The van der Waals surface area contributed by atoms with Crippen LogP contribution in [-0.2, 0) is 9.59 Å². The van der Waals surface area contributed by atoms with Gasteiger partial charge < -0.3 is 15.5 Å². The zero-order valence-corrected chi connectivity index (χ0v) is 10.5. The third-order valence-corrected chi connectivity index (χ3v) is 3.31. The molecule has 1 saturated carbocycles. The van der Waals surface area contributed by atoms with Gasteiger partial charge >= 0.3 is 5.97 Å². The Hall–Kier alpha value is -1.46. The van der Waals surface area contributed by atoms with Gasteiger partial charge in [0.15, 0.2) is 5.75 Å². The molecule has 2 rings (SSSR count). The minimum atomic E-state index is -0.975. The molecule has 1 aromatic carbocycles. The lowest BCUT2D eigenvalue weighted by atomic mass is 10.2. The molecule has 0 unspecified atom stereocenters. The Morgan fingerprint density at radius 3 is 2.22 bits per heavy atom. The zero-order chi connectivity index (χ0) is 13.4. The number of carbonyl (C=O) groups excluding carboxylic acids is 1. The van der Waals surface area contributed by atoms with Crippen molar-refractivity contribution in [1.82, 2.24) is 0 Å². The van der Waals surface area contributed by atoms with E-state index in [4.69, 9.17) is 28.3 Å². The standard InChI is InChI=1S/C11H9Cl2NO4/c12-7-1-4(2-8(13)9(7)15)14-10(16)5-3-6(5)11(17)18/h1-2,5-6,15H,3H2,(H,14,16)(H,17,18)/t5-,6+/m1/s1. The van der Waals surface area contributed by atoms with Gasteiger partial charge in [-0.1, -0.05) is 23.2 Å². The molecular weight excluding hydrogens is 281 g/mol. The number of hydrogen-bond acceptors (Lipinski definition) is 3. The van der Waals surface area contributed by atoms with E-state index in [1.54, 1.807) is 0 Å². The fourth-order valence-corrected chi connectivity index (χ4v) is 2.12. The first kappa shape index (κ1) is 13.0. The number of phenols is 1. The molecule has 2 atom stereocenters. The van der Waals surface area contributed by atoms with Crippen LogP contribution < -0.4 is 5.32 Å². The Kier molecular flexibility index (Phi) is 3.36. The van der Waals surface area contributed by atoms with Gasteiger partial charge in [-0.2, -0.15) is 0 Å². The van der Waals surface area contributed by atoms with Gasteiger partial charge in [0, 0.05) is 5.69 Å². The first-order valence-corrected chi connectivity index (χ1v) is 5.87. The predicted molar refractivity (Wildman–Crippen MR) is 66.0 cm³/mol. The zero-order valence-electron chi connectivity index (χ0n) is 8.98. The second-order valence-electron chi connectivity index (χ2n) is 4.06. The maximum atomic E-state index is 11.7. The average molecular weight is 290 g/mol. The van der Waals surface area contributed by atoms with E-state index in [9.17, 15) is 14.7 Å². The summed E-state index contributed by atoms with van der Waals surface area (Å²) in [6, 6.07) is 2.69. The number of halogens is 2. The van der Waals surface area contributed by atoms with Crippen LogP contribution >= 0.6 is 23.2 Å². The summed E-state index contributed by atoms with van der Waals surface area (Å²) in [5.41, 5.74) is 0.323. The highest BCUT2D eigenvalue weighted by Gasteiger charge is 2.48. The molecule has 0 bridgehead atoms. The van der Waals surface area contributed by atoms with Crippen molar-refractivity contribution in [1.29, 1.82) is 0 Å². The lowest BCUT2D eigenvalue weighted by Crippen LogP contribution is -2.16. The van der Waals surface area contributed by atoms with Crippen LogP contribution in [0.1, 0.15) is 6.42 Å². The summed E-state index contributed by atoms with van der Waals surface area (Å²) in [7, 11) is 0. The average Bonchev–Trinajstić information content (AvgIpc) is 3.05. The van der Waals surface area contributed by atoms with Gasteiger partial charge in [0.1, 0.15) is 0 Å². The van der Waals surface area contributed by atoms with Crippen molar-refractivity contribution in [2.24, 2.45) is 11.8 Å². The number of phenolic OH excluding ortho intramolecular Hbond substituents is 1. The third-order valence-electron chi connectivity index (χ3n) is 2.73. The Balaban J connectivity index is 2.07. The van der Waals surface area contributed by atoms with Crippen LogP contribution in [-0.4, -0.2) is 22.1 Å². The van der Waals surface area contributed by atoms with Gasteiger partial charge in [0.2, 0.25) is 5.91 Å². The van der Waals surface area contributed by atoms with E-state index < -0.39 is 17.8 Å². The lowest BCUT2D eigenvalue weighted by molar-refractivity contribution is -0.139. The normalized spacial score (nSPS) is 21.4. The smallest absolute Gasteiger partial charge is 0.307 e. The van der Waals surface area contributed by atoms with Gasteiger partial charge in [-0.15, -0.1) is 0 Å². The number of carbonyl (C=O) groups is 2. The molecule has 1 amide bonds. The van der Waals surface area contributed by atoms with E-state index in [0.29, 0.717) is 12.1 Å². The van der Waals surface area contributed by atoms with Crippen LogP contribution in [0.3, 0.4) is 0 Å². The minimum Gasteiger partial charge on any atom is -0.505 e. The van der Waals surface area contributed by atoms with Crippen LogP contribution in [0.15, 0.2) is 12.1 Å². The van der Waals surface area contributed by atoms with E-state index >= 15 is 0 Å². The number of hydrogen-bond donors (Lipinski definition) is 3. The molecule has 1 aliphatic carbocycles. The van der Waals surface area contributed by atoms with Crippen molar-refractivity contribution < 1.29 is 19.8 Å². The molecule has 0 aliphatic heterocycles. The fourth-order valence-electron chi connectivity index (χ4n) is 1.63. The SMILES string of the molecule is O=C(O)[C@H]1C[C@H]1C(=O)Nc1cc(Cl)c(O)c(Cl)c1. The van der Waals surface area contributed by atoms with Gasteiger partial charge in [-0.3, -0.25) is 9.59 Å². The van der Waals surface area contributed by atoms with Gasteiger partial charge in [-0.05, 0) is 18.6 Å². The molecule has 1 fully saturated rings. The number of nitrogens with one attached hydrogen (secondary N) is 1. The number of amides is 1. The first-order valence-electron chi connectivity index (χ1n) is 5.12. The summed E-state index contributed by atoms with van der Waals surface area (Å²) in [5.74, 6) is -2.76. The molecule has 1 aromatic rings. The van der Waals surface area contributed by atoms with E-state index in [1.807, 2.05) is 0 Å². The molecule has 5 nitrogen and oxygen atoms in total. The quantitative estimate of drug-likeness (QED) is 0.746. The molecule has 0 radical (unpaired) electrons. The van der Waals surface area contributed by atoms with Crippen molar-refractivity contribution >= 4 is 40.8 Å². The lowest BCUT2D eigenvalue weighted by Gasteiger charge is -2.07. The molecule has 0 saturated heterocycles. The number of aromatic hydroxyl groups is 1. The second kappa shape index (κ2) is 4.66. The first-order chi connectivity index (χ1) is 8.40. The summed E-state index contributed by atoms with van der Waals surface area (Å²) in [5, 5.41) is 20.6. The van der Waals surface area contributed by atoms with Crippen molar-refractivity contribution in [3.05, 3.63) is 22.2 Å².